The van der Waals surface area contributed by atoms with Crippen molar-refractivity contribution in [2.45, 2.75) is 54.1 Å². The van der Waals surface area contributed by atoms with Gasteiger partial charge in [0.25, 0.3) is 0 Å². The zero-order valence-electron chi connectivity index (χ0n) is 25.3. The molecule has 8 unspecified atom stereocenters. The number of aliphatic hydroxyl groups excluding tert-OH is 3. The van der Waals surface area contributed by atoms with E-state index in [1.807, 2.05) is 0 Å². The van der Waals surface area contributed by atoms with E-state index in [1.165, 1.54) is 41.9 Å². The summed E-state index contributed by atoms with van der Waals surface area (Å²) in [4.78, 5) is 19.9. The number of amides is 1. The number of thioether (sulfide) groups is 1. The Morgan fingerprint density at radius 3 is 2.50 bits per heavy atom. The van der Waals surface area contributed by atoms with Gasteiger partial charge in [-0.25, -0.2) is 32.5 Å². The number of hydrogen-bond donors (Lipinski definition) is 4. The Morgan fingerprint density at radius 1 is 1.08 bits per heavy atom. The molecule has 0 bridgehead atoms. The van der Waals surface area contributed by atoms with Crippen LogP contribution in [0.2, 0.25) is 0 Å². The Hall–Kier alpha value is -4.05. The molecule has 2 saturated heterocycles. The first-order chi connectivity index (χ1) is 23.1. The van der Waals surface area contributed by atoms with Gasteiger partial charge in [-0.05, 0) is 18.2 Å². The van der Waals surface area contributed by atoms with Gasteiger partial charge in [-0.15, -0.1) is 22.0 Å². The lowest BCUT2D eigenvalue weighted by Crippen LogP contribution is -2.56. The number of nitrogens with one attached hydrogen (secondary N) is 1. The first-order valence-electron chi connectivity index (χ1n) is 14.6. The topological polar surface area (TPSA) is 205 Å². The molecule has 256 valence electrons. The lowest BCUT2D eigenvalue weighted by molar-refractivity contribution is -0.186. The van der Waals surface area contributed by atoms with Gasteiger partial charge in [-0.2, -0.15) is 0 Å². The van der Waals surface area contributed by atoms with Crippen LogP contribution < -0.4 is 5.32 Å². The highest BCUT2D eigenvalue weighted by Gasteiger charge is 2.49. The van der Waals surface area contributed by atoms with Gasteiger partial charge in [0.15, 0.2) is 23.3 Å². The maximum atomic E-state index is 13.9. The average Bonchev–Trinajstić information content (AvgIpc) is 3.76. The summed E-state index contributed by atoms with van der Waals surface area (Å²) in [5.41, 5.74) is -0.702. The number of carbonyl (C=O) groups excluding carboxylic acids is 1. The zero-order valence-corrected chi connectivity index (χ0v) is 26.1. The minimum atomic E-state index is -1.63. The van der Waals surface area contributed by atoms with Gasteiger partial charge in [0, 0.05) is 25.8 Å². The van der Waals surface area contributed by atoms with E-state index in [0.717, 1.165) is 23.9 Å². The van der Waals surface area contributed by atoms with Crippen LogP contribution in [0.3, 0.4) is 0 Å². The summed E-state index contributed by atoms with van der Waals surface area (Å²) in [6, 6.07) is 1.36. The van der Waals surface area contributed by atoms with Gasteiger partial charge in [0.05, 0.1) is 43.6 Å². The van der Waals surface area contributed by atoms with Gasteiger partial charge in [0.1, 0.15) is 53.0 Å². The highest BCUT2D eigenvalue weighted by molar-refractivity contribution is 8.00. The molecular formula is C28H30F3N9O7S. The van der Waals surface area contributed by atoms with E-state index in [4.69, 9.17) is 14.2 Å². The normalized spacial score (nSPS) is 27.6. The van der Waals surface area contributed by atoms with E-state index in [9.17, 15) is 33.3 Å². The average molecular weight is 694 g/mol. The third kappa shape index (κ3) is 6.77. The van der Waals surface area contributed by atoms with E-state index in [2.05, 4.69) is 35.9 Å². The number of halogens is 3. The number of anilines is 1. The van der Waals surface area contributed by atoms with Gasteiger partial charge < -0.3 is 34.8 Å². The Kier molecular flexibility index (Phi) is 10.0. The van der Waals surface area contributed by atoms with Crippen LogP contribution in [-0.4, -0.2) is 123 Å². The SMILES string of the molecule is COC1C(SC2COCC(n3cc(-c4nccc(NC(C)=O)n4)nn3)C2O)OC(CO)C(O)C1n1cc(-c2cc(F)c(F)c(F)c2)nn1. The van der Waals surface area contributed by atoms with Crippen molar-refractivity contribution in [2.24, 2.45) is 0 Å². The maximum absolute atomic E-state index is 13.9. The minimum absolute atomic E-state index is 0.00974. The number of hydrogen-bond acceptors (Lipinski definition) is 14. The van der Waals surface area contributed by atoms with Crippen molar-refractivity contribution in [2.75, 3.05) is 32.2 Å². The molecule has 3 aromatic heterocycles. The smallest absolute Gasteiger partial charge is 0.222 e. The number of aliphatic hydroxyl groups is 3. The molecule has 20 heteroatoms. The Balaban J connectivity index is 1.21. The highest BCUT2D eigenvalue weighted by Crippen LogP contribution is 2.41. The van der Waals surface area contributed by atoms with Crippen molar-refractivity contribution < 1.29 is 47.5 Å². The molecule has 4 aromatic rings. The van der Waals surface area contributed by atoms with Crippen molar-refractivity contribution in [1.82, 2.24) is 40.0 Å². The van der Waals surface area contributed by atoms with Gasteiger partial charge in [0.2, 0.25) is 5.91 Å². The molecule has 0 spiro atoms. The number of aromatic nitrogens is 8. The molecule has 0 saturated carbocycles. The Labute approximate surface area is 274 Å². The molecule has 2 fully saturated rings. The Bertz CT molecular complexity index is 1740. The number of methoxy groups -OCH3 is 1. The van der Waals surface area contributed by atoms with E-state index in [-0.39, 0.29) is 42.0 Å². The second-order valence-electron chi connectivity index (χ2n) is 11.0. The van der Waals surface area contributed by atoms with Crippen LogP contribution >= 0.6 is 11.8 Å². The summed E-state index contributed by atoms with van der Waals surface area (Å²) in [7, 11) is 1.37. The van der Waals surface area contributed by atoms with E-state index < -0.39 is 71.2 Å². The fourth-order valence-corrected chi connectivity index (χ4v) is 7.03. The summed E-state index contributed by atoms with van der Waals surface area (Å²) in [6.07, 6.45) is -0.167. The monoisotopic (exact) mass is 693 g/mol. The minimum Gasteiger partial charge on any atom is -0.394 e. The fourth-order valence-electron chi connectivity index (χ4n) is 5.53. The number of benzene rings is 1. The predicted molar refractivity (Wildman–Crippen MR) is 160 cm³/mol. The van der Waals surface area contributed by atoms with Crippen molar-refractivity contribution >= 4 is 23.5 Å². The predicted octanol–water partition coefficient (Wildman–Crippen LogP) is 0.738. The molecule has 0 aliphatic carbocycles. The number of nitrogens with zero attached hydrogens (tertiary/aromatic N) is 8. The summed E-state index contributed by atoms with van der Waals surface area (Å²) in [6.45, 7) is 0.970. The van der Waals surface area contributed by atoms with Crippen LogP contribution in [0, 0.1) is 17.5 Å². The molecule has 2 aliphatic rings. The van der Waals surface area contributed by atoms with Crippen LogP contribution in [0.15, 0.2) is 36.8 Å². The largest absolute Gasteiger partial charge is 0.394 e. The van der Waals surface area contributed by atoms with E-state index >= 15 is 0 Å². The number of carbonyl (C=O) groups is 1. The van der Waals surface area contributed by atoms with Crippen molar-refractivity contribution in [1.29, 1.82) is 0 Å². The molecule has 4 N–H and O–H groups in total. The van der Waals surface area contributed by atoms with Crippen LogP contribution in [0.4, 0.5) is 19.0 Å². The molecule has 2 aliphatic heterocycles. The van der Waals surface area contributed by atoms with Crippen LogP contribution in [0.1, 0.15) is 19.0 Å². The molecule has 8 atom stereocenters. The maximum Gasteiger partial charge on any atom is 0.222 e. The highest BCUT2D eigenvalue weighted by atomic mass is 32.2. The second-order valence-corrected chi connectivity index (χ2v) is 12.4. The van der Waals surface area contributed by atoms with Crippen molar-refractivity contribution in [3.8, 4) is 22.8 Å². The lowest BCUT2D eigenvalue weighted by atomic mass is 9.97. The van der Waals surface area contributed by atoms with E-state index in [0.29, 0.717) is 5.69 Å². The third-order valence-electron chi connectivity index (χ3n) is 7.89. The quantitative estimate of drug-likeness (QED) is 0.179. The first kappa shape index (κ1) is 33.8. The van der Waals surface area contributed by atoms with E-state index in [1.54, 1.807) is 6.20 Å². The molecule has 1 amide bonds. The summed E-state index contributed by atoms with van der Waals surface area (Å²) < 4.78 is 61.6. The molecule has 48 heavy (non-hydrogen) atoms. The molecular weight excluding hydrogens is 663 g/mol. The number of ether oxygens (including phenoxy) is 3. The summed E-state index contributed by atoms with van der Waals surface area (Å²) in [5, 5.41) is 50.9. The zero-order chi connectivity index (χ0) is 34.1. The second kappa shape index (κ2) is 14.2. The summed E-state index contributed by atoms with van der Waals surface area (Å²) in [5.74, 6) is -4.26. The van der Waals surface area contributed by atoms with Crippen LogP contribution in [-0.2, 0) is 19.0 Å². The molecule has 0 radical (unpaired) electrons. The first-order valence-corrected chi connectivity index (χ1v) is 15.5. The van der Waals surface area contributed by atoms with Crippen LogP contribution in [0.5, 0.6) is 0 Å². The van der Waals surface area contributed by atoms with Gasteiger partial charge in [-0.1, -0.05) is 10.4 Å². The van der Waals surface area contributed by atoms with Gasteiger partial charge in [-0.3, -0.25) is 4.79 Å². The fraction of sp³-hybridized carbons (Fsp3) is 0.464. The molecule has 5 heterocycles. The summed E-state index contributed by atoms with van der Waals surface area (Å²) >= 11 is 1.15. The standard InChI is InChI=1S/C28H30F3N9O7S/c1-12(42)33-21-3-4-32-27(34-21)17-8-39(37-36-17)18-10-46-11-20(24(18)43)48-28-26(45-2)23(25(44)19(9-41)47-28)40-7-16(35-38-40)13-5-14(29)22(31)15(30)6-13/h3-8,18-20,23-26,28,41,43-44H,9-11H2,1-2H3,(H,32,33,34,42). The van der Waals surface area contributed by atoms with Crippen molar-refractivity contribution in [3.63, 3.8) is 0 Å². The molecule has 16 nitrogen and oxygen atoms in total. The van der Waals surface area contributed by atoms with Crippen LogP contribution in [0.25, 0.3) is 22.8 Å². The van der Waals surface area contributed by atoms with Crippen molar-refractivity contribution in [3.05, 3.63) is 54.2 Å². The molecule has 6 rings (SSSR count). The Morgan fingerprint density at radius 2 is 1.79 bits per heavy atom. The number of rotatable bonds is 9. The lowest BCUT2D eigenvalue weighted by Gasteiger charge is -2.45. The molecule has 1 aromatic carbocycles. The van der Waals surface area contributed by atoms with Gasteiger partial charge >= 0.3 is 0 Å². The third-order valence-corrected chi connectivity index (χ3v) is 9.30.